The first-order valence-electron chi connectivity index (χ1n) is 3.95. The van der Waals surface area contributed by atoms with Gasteiger partial charge in [-0.15, -0.1) is 0 Å². The maximum atomic E-state index is 10.7. The van der Waals surface area contributed by atoms with E-state index in [0.717, 1.165) is 31.9 Å². The van der Waals surface area contributed by atoms with Gasteiger partial charge in [0.15, 0.2) is 0 Å². The van der Waals surface area contributed by atoms with Crippen molar-refractivity contribution in [1.82, 2.24) is 4.90 Å². The summed E-state index contributed by atoms with van der Waals surface area (Å²) >= 11 is 0. The third-order valence-corrected chi connectivity index (χ3v) is 2.82. The maximum absolute atomic E-state index is 10.7. The number of hydrogen-bond donors (Lipinski definition) is 1. The Morgan fingerprint density at radius 2 is 2.27 bits per heavy atom. The van der Waals surface area contributed by atoms with Gasteiger partial charge in [-0.05, 0) is 12.5 Å². The number of hydrogen-bond acceptors (Lipinski definition) is 3. The second kappa shape index (κ2) is 4.18. The van der Waals surface area contributed by atoms with Gasteiger partial charge in [0, 0.05) is 42.4 Å². The fourth-order valence-corrected chi connectivity index (χ4v) is 1.78. The van der Waals surface area contributed by atoms with Crippen LogP contribution in [0.25, 0.3) is 0 Å². The first-order valence-corrected chi connectivity index (χ1v) is 5.67. The predicted octanol–water partition coefficient (Wildman–Crippen LogP) is -0.745. The molecular formula is C7H16N2OS. The van der Waals surface area contributed by atoms with Crippen LogP contribution in [-0.2, 0) is 10.8 Å². The molecule has 66 valence electrons. The van der Waals surface area contributed by atoms with Gasteiger partial charge >= 0.3 is 0 Å². The van der Waals surface area contributed by atoms with Crippen molar-refractivity contribution in [3.63, 3.8) is 0 Å². The summed E-state index contributed by atoms with van der Waals surface area (Å²) in [7, 11) is -0.640. The normalized spacial score (nSPS) is 23.1. The molecule has 0 bridgehead atoms. The Hall–Kier alpha value is 0.0700. The Labute approximate surface area is 70.4 Å². The zero-order valence-corrected chi connectivity index (χ0v) is 7.77. The second-order valence-corrected chi connectivity index (χ2v) is 4.69. The van der Waals surface area contributed by atoms with Crippen LogP contribution in [-0.4, -0.2) is 47.3 Å². The number of nitrogens with two attached hydrogens (primary N) is 1. The molecule has 3 nitrogen and oxygen atoms in total. The van der Waals surface area contributed by atoms with Crippen LogP contribution < -0.4 is 5.73 Å². The Bertz CT molecular complexity index is 145. The van der Waals surface area contributed by atoms with E-state index in [2.05, 4.69) is 4.90 Å². The van der Waals surface area contributed by atoms with E-state index < -0.39 is 10.8 Å². The van der Waals surface area contributed by atoms with Crippen LogP contribution in [0.2, 0.25) is 0 Å². The highest BCUT2D eigenvalue weighted by molar-refractivity contribution is 7.84. The van der Waals surface area contributed by atoms with E-state index in [1.807, 2.05) is 0 Å². The highest BCUT2D eigenvalue weighted by Gasteiger charge is 2.24. The van der Waals surface area contributed by atoms with E-state index in [1.54, 1.807) is 6.26 Å². The maximum Gasteiger partial charge on any atom is 0.0359 e. The summed E-state index contributed by atoms with van der Waals surface area (Å²) in [5.41, 5.74) is 5.47. The smallest absolute Gasteiger partial charge is 0.0359 e. The van der Waals surface area contributed by atoms with E-state index in [0.29, 0.717) is 5.92 Å². The minimum Gasteiger partial charge on any atom is -0.330 e. The first kappa shape index (κ1) is 9.16. The molecule has 0 aromatic carbocycles. The summed E-state index contributed by atoms with van der Waals surface area (Å²) in [4.78, 5) is 2.30. The van der Waals surface area contributed by atoms with Crippen LogP contribution >= 0.6 is 0 Å². The molecule has 0 aromatic rings. The lowest BCUT2D eigenvalue weighted by Gasteiger charge is -2.38. The molecule has 1 fully saturated rings. The van der Waals surface area contributed by atoms with Gasteiger partial charge in [0.1, 0.15) is 0 Å². The molecule has 1 heterocycles. The zero-order valence-electron chi connectivity index (χ0n) is 6.95. The molecule has 1 aliphatic heterocycles. The summed E-state index contributed by atoms with van der Waals surface area (Å²) in [6.07, 6.45) is 1.75. The summed E-state index contributed by atoms with van der Waals surface area (Å²) < 4.78 is 10.7. The topological polar surface area (TPSA) is 46.3 Å². The van der Waals surface area contributed by atoms with Gasteiger partial charge in [-0.2, -0.15) is 0 Å². The molecule has 2 N–H and O–H groups in total. The van der Waals surface area contributed by atoms with Crippen molar-refractivity contribution in [3.05, 3.63) is 0 Å². The lowest BCUT2D eigenvalue weighted by Crippen LogP contribution is -2.50. The average Bonchev–Trinajstić information content (AvgIpc) is 1.84. The number of rotatable bonds is 4. The van der Waals surface area contributed by atoms with E-state index in [1.165, 1.54) is 0 Å². The SMILES string of the molecule is CS(=O)CCN1CC(CN)C1. The summed E-state index contributed by atoms with van der Waals surface area (Å²) in [6, 6.07) is 0. The van der Waals surface area contributed by atoms with Crippen molar-refractivity contribution in [2.45, 2.75) is 0 Å². The van der Waals surface area contributed by atoms with Gasteiger partial charge in [0.25, 0.3) is 0 Å². The highest BCUT2D eigenvalue weighted by Crippen LogP contribution is 2.12. The molecule has 1 rings (SSSR count). The van der Waals surface area contributed by atoms with Crippen molar-refractivity contribution >= 4 is 10.8 Å². The van der Waals surface area contributed by atoms with E-state index in [-0.39, 0.29) is 0 Å². The van der Waals surface area contributed by atoms with Crippen LogP contribution in [0.1, 0.15) is 0 Å². The number of nitrogens with zero attached hydrogens (tertiary/aromatic N) is 1. The standard InChI is InChI=1S/C7H16N2OS/c1-11(10)3-2-9-5-7(4-8)6-9/h7H,2-6,8H2,1H3. The minimum absolute atomic E-state index is 0.640. The van der Waals surface area contributed by atoms with E-state index in [9.17, 15) is 4.21 Å². The third kappa shape index (κ3) is 2.89. The van der Waals surface area contributed by atoms with Crippen LogP contribution in [0.5, 0.6) is 0 Å². The molecule has 0 amide bonds. The molecular weight excluding hydrogens is 160 g/mol. The lowest BCUT2D eigenvalue weighted by molar-refractivity contribution is 0.115. The zero-order chi connectivity index (χ0) is 8.27. The van der Waals surface area contributed by atoms with Crippen molar-refractivity contribution in [2.75, 3.05) is 38.2 Å². The average molecular weight is 176 g/mol. The van der Waals surface area contributed by atoms with Crippen molar-refractivity contribution in [3.8, 4) is 0 Å². The second-order valence-electron chi connectivity index (χ2n) is 3.14. The number of likely N-dealkylation sites (tertiary alicyclic amines) is 1. The Kier molecular flexibility index (Phi) is 3.48. The predicted molar refractivity (Wildman–Crippen MR) is 47.9 cm³/mol. The van der Waals surface area contributed by atoms with Crippen molar-refractivity contribution in [2.24, 2.45) is 11.7 Å². The van der Waals surface area contributed by atoms with Crippen LogP contribution in [0, 0.1) is 5.92 Å². The Morgan fingerprint density at radius 3 is 2.73 bits per heavy atom. The summed E-state index contributed by atoms with van der Waals surface area (Å²) in [6.45, 7) is 3.98. The minimum atomic E-state index is -0.640. The van der Waals surface area contributed by atoms with Crippen LogP contribution in [0.15, 0.2) is 0 Å². The quantitative estimate of drug-likeness (QED) is 0.613. The van der Waals surface area contributed by atoms with Gasteiger partial charge in [-0.25, -0.2) is 0 Å². The molecule has 0 aromatic heterocycles. The third-order valence-electron chi connectivity index (χ3n) is 2.06. The fraction of sp³-hybridized carbons (Fsp3) is 1.00. The molecule has 0 saturated carbocycles. The molecule has 0 aliphatic carbocycles. The summed E-state index contributed by atoms with van der Waals surface area (Å²) in [5, 5.41) is 0. The lowest BCUT2D eigenvalue weighted by atomic mass is 10.0. The molecule has 1 atom stereocenters. The van der Waals surface area contributed by atoms with E-state index in [4.69, 9.17) is 5.73 Å². The largest absolute Gasteiger partial charge is 0.330 e. The van der Waals surface area contributed by atoms with Gasteiger partial charge in [-0.3, -0.25) is 4.21 Å². The highest BCUT2D eigenvalue weighted by atomic mass is 32.2. The Balaban J connectivity index is 2.00. The van der Waals surface area contributed by atoms with Crippen LogP contribution in [0.4, 0.5) is 0 Å². The molecule has 1 aliphatic rings. The molecule has 1 unspecified atom stereocenters. The van der Waals surface area contributed by atoms with Gasteiger partial charge in [0.2, 0.25) is 0 Å². The first-order chi connectivity index (χ1) is 5.22. The van der Waals surface area contributed by atoms with Gasteiger partial charge in [0.05, 0.1) is 0 Å². The van der Waals surface area contributed by atoms with Crippen molar-refractivity contribution < 1.29 is 4.21 Å². The molecule has 1 saturated heterocycles. The molecule has 11 heavy (non-hydrogen) atoms. The van der Waals surface area contributed by atoms with Gasteiger partial charge in [-0.1, -0.05) is 0 Å². The molecule has 0 radical (unpaired) electrons. The van der Waals surface area contributed by atoms with Gasteiger partial charge < -0.3 is 10.6 Å². The van der Waals surface area contributed by atoms with Crippen molar-refractivity contribution in [1.29, 1.82) is 0 Å². The molecule has 0 spiro atoms. The monoisotopic (exact) mass is 176 g/mol. The van der Waals surface area contributed by atoms with Crippen LogP contribution in [0.3, 0.4) is 0 Å². The van der Waals surface area contributed by atoms with E-state index >= 15 is 0 Å². The summed E-state index contributed by atoms with van der Waals surface area (Å²) in [5.74, 6) is 1.50. The molecule has 4 heteroatoms. The Morgan fingerprint density at radius 1 is 1.64 bits per heavy atom. The fourth-order valence-electron chi connectivity index (χ4n) is 1.27.